The molecule has 1 saturated heterocycles. The second-order valence-corrected chi connectivity index (χ2v) is 18.0. The number of hydrogen-bond acceptors (Lipinski definition) is 9. The summed E-state index contributed by atoms with van der Waals surface area (Å²) in [6.07, 6.45) is 8.81. The highest BCUT2D eigenvalue weighted by Gasteiger charge is 2.62. The zero-order chi connectivity index (χ0) is 37.7. The first-order valence-corrected chi connectivity index (χ1v) is 20.3. The standard InChI is InChI=1S/C38H48FN5O8S/c1-37(2,3)52-36(48)40-29-16-8-6-4-5-7-11-22-20-38(22,35(47)43-53(49,50)24-17-18-24)42-32(45)30-19-23(21-44(30)34(29)46)51-33-27-14-9-12-25(27)26-13-10-15-28(39)31(26)41-33/h7,10-11,13,15,22-24,29-30H,4-6,8-9,12,14,16-21H2,1-3H3,(H,40,48)(H,42,45)(H,43,47)/t22-,23-,29+,30+,38-/m1/s1. The predicted octanol–water partition coefficient (Wildman–Crippen LogP) is 4.11. The largest absolute Gasteiger partial charge is 0.472 e. The monoisotopic (exact) mass is 753 g/mol. The topological polar surface area (TPSA) is 173 Å². The lowest BCUT2D eigenvalue weighted by Gasteiger charge is -2.30. The molecule has 13 nitrogen and oxygen atoms in total. The van der Waals surface area contributed by atoms with Gasteiger partial charge in [-0.2, -0.15) is 0 Å². The van der Waals surface area contributed by atoms with Crippen LogP contribution in [-0.4, -0.2) is 83.2 Å². The molecular formula is C38H48FN5O8S. The molecular weight excluding hydrogens is 706 g/mol. The molecule has 3 N–H and O–H groups in total. The summed E-state index contributed by atoms with van der Waals surface area (Å²) < 4.78 is 54.8. The predicted molar refractivity (Wildman–Crippen MR) is 193 cm³/mol. The van der Waals surface area contributed by atoms with E-state index in [1.807, 2.05) is 18.2 Å². The molecule has 0 radical (unpaired) electrons. The molecule has 0 spiro atoms. The van der Waals surface area contributed by atoms with Crippen LogP contribution in [0.1, 0.15) is 96.1 Å². The van der Waals surface area contributed by atoms with E-state index in [2.05, 4.69) is 20.3 Å². The smallest absolute Gasteiger partial charge is 0.408 e. The lowest BCUT2D eigenvalue weighted by atomic mass is 10.0. The SMILES string of the molecule is CC(C)(C)OC(=O)N[C@H]1CCCCCC=C[C@@H]2C[C@@]2(C(=O)NS(=O)(=O)C2CC2)NC(=O)[C@@H]2C[C@@H](Oc3nc4c(F)cccc4c4c3CCC4)CN2C1=O. The first-order valence-electron chi connectivity index (χ1n) is 18.8. The second kappa shape index (κ2) is 14.2. The minimum absolute atomic E-state index is 0.0150. The Labute approximate surface area is 308 Å². The van der Waals surface area contributed by atoms with E-state index in [0.717, 1.165) is 42.2 Å². The normalized spacial score (nSPS) is 27.8. The first-order chi connectivity index (χ1) is 25.1. The van der Waals surface area contributed by atoms with Crippen LogP contribution in [0.4, 0.5) is 9.18 Å². The van der Waals surface area contributed by atoms with Crippen LogP contribution >= 0.6 is 0 Å². The first kappa shape index (κ1) is 37.1. The van der Waals surface area contributed by atoms with E-state index in [4.69, 9.17) is 9.47 Å². The van der Waals surface area contributed by atoms with E-state index in [1.54, 1.807) is 26.8 Å². The molecule has 3 fully saturated rings. The van der Waals surface area contributed by atoms with Crippen molar-refractivity contribution in [1.82, 2.24) is 25.2 Å². The summed E-state index contributed by atoms with van der Waals surface area (Å²) in [6, 6.07) is 2.68. The third-order valence-corrected chi connectivity index (χ3v) is 12.6. The summed E-state index contributed by atoms with van der Waals surface area (Å²) >= 11 is 0. The Morgan fingerprint density at radius 1 is 1.06 bits per heavy atom. The lowest BCUT2D eigenvalue weighted by Crippen LogP contribution is -2.58. The molecule has 4 amide bonds. The highest BCUT2D eigenvalue weighted by Crippen LogP contribution is 2.46. The maximum atomic E-state index is 15.0. The van der Waals surface area contributed by atoms with Crippen LogP contribution < -0.4 is 20.1 Å². The van der Waals surface area contributed by atoms with Gasteiger partial charge in [0.05, 0.1) is 11.8 Å². The fraction of sp³-hybridized carbons (Fsp3) is 0.605. The Bertz CT molecular complexity index is 1960. The number of ether oxygens (including phenoxy) is 2. The van der Waals surface area contributed by atoms with Crippen molar-refractivity contribution in [2.75, 3.05) is 6.54 Å². The van der Waals surface area contributed by atoms with Crippen molar-refractivity contribution in [3.8, 4) is 5.88 Å². The number of benzene rings is 1. The molecule has 3 aliphatic carbocycles. The second-order valence-electron chi connectivity index (χ2n) is 16.1. The molecule has 1 aromatic carbocycles. The summed E-state index contributed by atoms with van der Waals surface area (Å²) in [4.78, 5) is 61.5. The number of aromatic nitrogens is 1. The average molecular weight is 754 g/mol. The number of rotatable bonds is 6. The molecule has 53 heavy (non-hydrogen) atoms. The Balaban J connectivity index is 1.20. The Morgan fingerprint density at radius 3 is 2.58 bits per heavy atom. The molecule has 7 rings (SSSR count). The number of aryl methyl sites for hydroxylation is 1. The number of sulfonamides is 1. The number of nitrogens with zero attached hydrogens (tertiary/aromatic N) is 2. The molecule has 2 aliphatic heterocycles. The summed E-state index contributed by atoms with van der Waals surface area (Å²) in [7, 11) is -3.90. The molecule has 286 valence electrons. The van der Waals surface area contributed by atoms with Crippen molar-refractivity contribution in [3.05, 3.63) is 47.3 Å². The van der Waals surface area contributed by atoms with E-state index in [9.17, 15) is 27.6 Å². The third-order valence-electron chi connectivity index (χ3n) is 10.8. The van der Waals surface area contributed by atoms with Crippen LogP contribution in [0.15, 0.2) is 30.4 Å². The van der Waals surface area contributed by atoms with Crippen LogP contribution in [0.5, 0.6) is 5.88 Å². The zero-order valence-corrected chi connectivity index (χ0v) is 31.2. The van der Waals surface area contributed by atoms with Gasteiger partial charge in [-0.25, -0.2) is 22.6 Å². The van der Waals surface area contributed by atoms with E-state index < -0.39 is 80.2 Å². The van der Waals surface area contributed by atoms with Gasteiger partial charge in [0.2, 0.25) is 27.7 Å². The fourth-order valence-electron chi connectivity index (χ4n) is 7.87. The number of halogens is 1. The Hall–Kier alpha value is -4.27. The number of nitrogens with one attached hydrogen (secondary N) is 3. The van der Waals surface area contributed by atoms with Crippen molar-refractivity contribution in [2.24, 2.45) is 5.92 Å². The zero-order valence-electron chi connectivity index (χ0n) is 30.4. The molecule has 1 aromatic heterocycles. The number of amides is 4. The number of hydrogen-bond donors (Lipinski definition) is 3. The number of fused-ring (bicyclic) bond motifs is 5. The summed E-state index contributed by atoms with van der Waals surface area (Å²) in [5, 5.41) is 5.69. The highest BCUT2D eigenvalue weighted by molar-refractivity contribution is 7.91. The Kier molecular flexibility index (Phi) is 9.92. The molecule has 0 unspecified atom stereocenters. The molecule has 5 atom stereocenters. The fourth-order valence-corrected chi connectivity index (χ4v) is 9.23. The van der Waals surface area contributed by atoms with E-state index in [0.29, 0.717) is 38.5 Å². The maximum absolute atomic E-state index is 15.0. The van der Waals surface area contributed by atoms with Crippen LogP contribution in [0.25, 0.3) is 10.9 Å². The molecule has 2 saturated carbocycles. The van der Waals surface area contributed by atoms with Gasteiger partial charge in [0, 0.05) is 23.3 Å². The lowest BCUT2D eigenvalue weighted by molar-refractivity contribution is -0.141. The number of para-hydroxylation sites is 1. The van der Waals surface area contributed by atoms with Crippen LogP contribution in [-0.2, 0) is 42.0 Å². The van der Waals surface area contributed by atoms with Gasteiger partial charge in [0.1, 0.15) is 40.7 Å². The van der Waals surface area contributed by atoms with Gasteiger partial charge in [-0.3, -0.25) is 19.1 Å². The maximum Gasteiger partial charge on any atom is 0.408 e. The van der Waals surface area contributed by atoms with Gasteiger partial charge in [0.25, 0.3) is 5.91 Å². The van der Waals surface area contributed by atoms with Gasteiger partial charge < -0.3 is 25.0 Å². The van der Waals surface area contributed by atoms with Crippen LogP contribution in [0.2, 0.25) is 0 Å². The number of carbonyl (C=O) groups excluding carboxylic acids is 4. The van der Waals surface area contributed by atoms with Gasteiger partial charge in [-0.05, 0) is 90.2 Å². The molecule has 3 heterocycles. The quantitative estimate of drug-likeness (QED) is 0.367. The van der Waals surface area contributed by atoms with Crippen molar-refractivity contribution < 1.29 is 41.5 Å². The molecule has 2 aromatic rings. The van der Waals surface area contributed by atoms with Crippen molar-refractivity contribution in [2.45, 2.75) is 132 Å². The summed E-state index contributed by atoms with van der Waals surface area (Å²) in [5.41, 5.74) is -0.310. The van der Waals surface area contributed by atoms with Gasteiger partial charge in [-0.15, -0.1) is 0 Å². The summed E-state index contributed by atoms with van der Waals surface area (Å²) in [6.45, 7) is 5.11. The van der Waals surface area contributed by atoms with Gasteiger partial charge in [0.15, 0.2) is 0 Å². The molecule has 5 aliphatic rings. The van der Waals surface area contributed by atoms with Crippen LogP contribution in [0.3, 0.4) is 0 Å². The van der Waals surface area contributed by atoms with Crippen molar-refractivity contribution in [3.63, 3.8) is 0 Å². The van der Waals surface area contributed by atoms with Gasteiger partial charge in [-0.1, -0.05) is 37.1 Å². The number of pyridine rings is 1. The number of allylic oxidation sites excluding steroid dienone is 1. The van der Waals surface area contributed by atoms with E-state index in [1.165, 1.54) is 11.0 Å². The Morgan fingerprint density at radius 2 is 1.83 bits per heavy atom. The average Bonchev–Trinajstić information content (AvgIpc) is 3.96. The summed E-state index contributed by atoms with van der Waals surface area (Å²) in [5.74, 6) is -2.63. The van der Waals surface area contributed by atoms with E-state index in [-0.39, 0.29) is 30.8 Å². The minimum atomic E-state index is -3.90. The third kappa shape index (κ3) is 7.85. The van der Waals surface area contributed by atoms with E-state index >= 15 is 4.39 Å². The van der Waals surface area contributed by atoms with Crippen LogP contribution in [0, 0.1) is 11.7 Å². The van der Waals surface area contributed by atoms with Crippen molar-refractivity contribution >= 4 is 44.7 Å². The van der Waals surface area contributed by atoms with Crippen molar-refractivity contribution in [1.29, 1.82) is 0 Å². The highest BCUT2D eigenvalue weighted by atomic mass is 32.2. The minimum Gasteiger partial charge on any atom is -0.472 e. The number of alkyl carbamates (subject to hydrolysis) is 1. The molecule has 0 bridgehead atoms. The molecule has 15 heteroatoms. The van der Waals surface area contributed by atoms with Gasteiger partial charge >= 0.3 is 6.09 Å². The number of carbonyl (C=O) groups is 4.